The quantitative estimate of drug-likeness (QED) is 0.576. The fraction of sp³-hybridized carbons (Fsp3) is 0.200. The maximum atomic E-state index is 13.0. The highest BCUT2D eigenvalue weighted by molar-refractivity contribution is 5.89. The summed E-state index contributed by atoms with van der Waals surface area (Å²) in [6.45, 7) is 0.0890. The molecule has 1 heterocycles. The Morgan fingerprint density at radius 3 is 2.62 bits per heavy atom. The molecule has 128 valence electrons. The summed E-state index contributed by atoms with van der Waals surface area (Å²) in [5, 5.41) is 7.35. The average Bonchev–Trinajstić information content (AvgIpc) is 2.51. The lowest BCUT2D eigenvalue weighted by atomic mass is 10.2. The molecule has 3 N–H and O–H groups in total. The van der Waals surface area contributed by atoms with Crippen LogP contribution in [0.5, 0.6) is 0 Å². The molecule has 1 aromatic carbocycles. The predicted octanol–water partition coefficient (Wildman–Crippen LogP) is 3.47. The minimum Gasteiger partial charge on any atom is -0.368 e. The second-order valence-corrected chi connectivity index (χ2v) is 4.72. The van der Waals surface area contributed by atoms with Gasteiger partial charge in [-0.1, -0.05) is 6.07 Å². The van der Waals surface area contributed by atoms with Gasteiger partial charge in [-0.05, 0) is 30.3 Å². The fourth-order valence-electron chi connectivity index (χ4n) is 1.87. The van der Waals surface area contributed by atoms with Gasteiger partial charge in [-0.3, -0.25) is 0 Å². The van der Waals surface area contributed by atoms with Crippen molar-refractivity contribution >= 4 is 17.5 Å². The number of amides is 2. The Morgan fingerprint density at radius 1 is 1.12 bits per heavy atom. The van der Waals surface area contributed by atoms with E-state index < -0.39 is 23.6 Å². The summed E-state index contributed by atoms with van der Waals surface area (Å²) in [6.07, 6.45) is -3.28. The van der Waals surface area contributed by atoms with Gasteiger partial charge < -0.3 is 16.0 Å². The summed E-state index contributed by atoms with van der Waals surface area (Å²) in [6, 6.07) is 6.83. The molecule has 0 atom stereocenters. The van der Waals surface area contributed by atoms with E-state index >= 15 is 0 Å². The minimum absolute atomic E-state index is 0.0384. The first-order valence-corrected chi connectivity index (χ1v) is 6.93. The standard InChI is InChI=1S/C15H14F4N4O/c16-10-3-1-4-11(9-10)23-14(24)22-8-7-21-13-12(15(17,18)19)5-2-6-20-13/h1-6,9H,7-8H2,(H,20,21)(H2,22,23,24). The highest BCUT2D eigenvalue weighted by Crippen LogP contribution is 2.33. The predicted molar refractivity (Wildman–Crippen MR) is 81.2 cm³/mol. The second kappa shape index (κ2) is 7.62. The number of benzene rings is 1. The average molecular weight is 342 g/mol. The summed E-state index contributed by atoms with van der Waals surface area (Å²) >= 11 is 0. The van der Waals surface area contributed by atoms with Gasteiger partial charge in [0.2, 0.25) is 0 Å². The minimum atomic E-state index is -4.52. The monoisotopic (exact) mass is 342 g/mol. The normalized spacial score (nSPS) is 11.0. The fourth-order valence-corrected chi connectivity index (χ4v) is 1.87. The Morgan fingerprint density at radius 2 is 1.92 bits per heavy atom. The molecular formula is C15H14F4N4O. The van der Waals surface area contributed by atoms with Crippen molar-refractivity contribution < 1.29 is 22.4 Å². The van der Waals surface area contributed by atoms with E-state index in [-0.39, 0.29) is 24.6 Å². The molecule has 0 unspecified atom stereocenters. The summed E-state index contributed by atoms with van der Waals surface area (Å²) in [5.74, 6) is -0.804. The molecule has 0 spiro atoms. The summed E-state index contributed by atoms with van der Waals surface area (Å²) < 4.78 is 51.3. The molecule has 5 nitrogen and oxygen atoms in total. The molecule has 0 saturated carbocycles. The number of nitrogens with zero attached hydrogens (tertiary/aromatic N) is 1. The Hall–Kier alpha value is -2.84. The number of pyridine rings is 1. The highest BCUT2D eigenvalue weighted by Gasteiger charge is 2.33. The number of alkyl halides is 3. The zero-order chi connectivity index (χ0) is 17.6. The topological polar surface area (TPSA) is 66.0 Å². The molecule has 2 rings (SSSR count). The van der Waals surface area contributed by atoms with Crippen molar-refractivity contribution in [2.75, 3.05) is 23.7 Å². The van der Waals surface area contributed by atoms with Crippen LogP contribution in [0.3, 0.4) is 0 Å². The third-order valence-corrected chi connectivity index (χ3v) is 2.90. The number of anilines is 2. The van der Waals surface area contributed by atoms with Crippen LogP contribution in [-0.4, -0.2) is 24.1 Å². The van der Waals surface area contributed by atoms with E-state index in [1.54, 1.807) is 0 Å². The third-order valence-electron chi connectivity index (χ3n) is 2.90. The Bertz CT molecular complexity index is 706. The summed E-state index contributed by atoms with van der Waals surface area (Å²) in [5.41, 5.74) is -0.612. The molecule has 24 heavy (non-hydrogen) atoms. The second-order valence-electron chi connectivity index (χ2n) is 4.72. The van der Waals surface area contributed by atoms with Gasteiger partial charge in [0, 0.05) is 25.0 Å². The molecule has 0 radical (unpaired) electrons. The smallest absolute Gasteiger partial charge is 0.368 e. The number of urea groups is 1. The Labute approximate surface area is 135 Å². The highest BCUT2D eigenvalue weighted by atomic mass is 19.4. The molecule has 9 heteroatoms. The van der Waals surface area contributed by atoms with E-state index in [1.807, 2.05) is 0 Å². The van der Waals surface area contributed by atoms with E-state index in [0.717, 1.165) is 12.1 Å². The van der Waals surface area contributed by atoms with Crippen LogP contribution in [0.1, 0.15) is 5.56 Å². The van der Waals surface area contributed by atoms with E-state index in [9.17, 15) is 22.4 Å². The number of hydrogen-bond acceptors (Lipinski definition) is 3. The molecule has 0 bridgehead atoms. The Balaban J connectivity index is 1.80. The third kappa shape index (κ3) is 5.11. The van der Waals surface area contributed by atoms with Crippen LogP contribution in [0, 0.1) is 5.82 Å². The van der Waals surface area contributed by atoms with Crippen LogP contribution in [0.2, 0.25) is 0 Å². The van der Waals surface area contributed by atoms with Gasteiger partial charge in [0.1, 0.15) is 11.6 Å². The lowest BCUT2D eigenvalue weighted by Gasteiger charge is -2.13. The van der Waals surface area contributed by atoms with Gasteiger partial charge in [-0.15, -0.1) is 0 Å². The van der Waals surface area contributed by atoms with Crippen molar-refractivity contribution in [1.29, 1.82) is 0 Å². The lowest BCUT2D eigenvalue weighted by molar-refractivity contribution is -0.137. The largest absolute Gasteiger partial charge is 0.419 e. The molecule has 0 fully saturated rings. The number of carbonyl (C=O) groups excluding carboxylic acids is 1. The van der Waals surface area contributed by atoms with Crippen molar-refractivity contribution in [2.45, 2.75) is 6.18 Å². The number of carbonyl (C=O) groups is 1. The summed E-state index contributed by atoms with van der Waals surface area (Å²) in [7, 11) is 0. The zero-order valence-electron chi connectivity index (χ0n) is 12.3. The van der Waals surface area contributed by atoms with E-state index in [2.05, 4.69) is 20.9 Å². The molecule has 1 aromatic heterocycles. The Kier molecular flexibility index (Phi) is 5.56. The lowest BCUT2D eigenvalue weighted by Crippen LogP contribution is -2.33. The van der Waals surface area contributed by atoms with E-state index in [4.69, 9.17) is 0 Å². The number of hydrogen-bond donors (Lipinski definition) is 3. The first-order valence-electron chi connectivity index (χ1n) is 6.93. The molecule has 2 amide bonds. The molecule has 0 aliphatic carbocycles. The number of rotatable bonds is 5. The molecule has 2 aromatic rings. The van der Waals surface area contributed by atoms with Crippen molar-refractivity contribution in [3.8, 4) is 0 Å². The van der Waals surface area contributed by atoms with Crippen molar-refractivity contribution in [2.24, 2.45) is 0 Å². The van der Waals surface area contributed by atoms with Gasteiger partial charge >= 0.3 is 12.2 Å². The van der Waals surface area contributed by atoms with Gasteiger partial charge in [0.15, 0.2) is 0 Å². The van der Waals surface area contributed by atoms with Crippen LogP contribution in [0.25, 0.3) is 0 Å². The maximum Gasteiger partial charge on any atom is 0.419 e. The van der Waals surface area contributed by atoms with Crippen LogP contribution in [-0.2, 0) is 6.18 Å². The van der Waals surface area contributed by atoms with Gasteiger partial charge in [-0.25, -0.2) is 14.2 Å². The van der Waals surface area contributed by atoms with Gasteiger partial charge in [-0.2, -0.15) is 13.2 Å². The number of halogens is 4. The number of aromatic nitrogens is 1. The van der Waals surface area contributed by atoms with Crippen LogP contribution < -0.4 is 16.0 Å². The molecule has 0 aliphatic heterocycles. The van der Waals surface area contributed by atoms with Crippen molar-refractivity contribution in [3.63, 3.8) is 0 Å². The summed E-state index contributed by atoms with van der Waals surface area (Å²) in [4.78, 5) is 15.2. The van der Waals surface area contributed by atoms with Gasteiger partial charge in [0.25, 0.3) is 0 Å². The van der Waals surface area contributed by atoms with Crippen LogP contribution in [0.4, 0.5) is 33.9 Å². The first-order chi connectivity index (χ1) is 11.4. The van der Waals surface area contributed by atoms with E-state index in [1.165, 1.54) is 30.5 Å². The SMILES string of the molecule is O=C(NCCNc1ncccc1C(F)(F)F)Nc1cccc(F)c1. The zero-order valence-corrected chi connectivity index (χ0v) is 12.3. The first kappa shape index (κ1) is 17.5. The molecular weight excluding hydrogens is 328 g/mol. The van der Waals surface area contributed by atoms with Crippen molar-refractivity contribution in [1.82, 2.24) is 10.3 Å². The molecule has 0 saturated heterocycles. The van der Waals surface area contributed by atoms with Crippen LogP contribution in [0.15, 0.2) is 42.6 Å². The number of nitrogens with one attached hydrogen (secondary N) is 3. The van der Waals surface area contributed by atoms with E-state index in [0.29, 0.717) is 0 Å². The van der Waals surface area contributed by atoms with Crippen molar-refractivity contribution in [3.05, 3.63) is 54.0 Å². The molecule has 0 aliphatic rings. The van der Waals surface area contributed by atoms with Gasteiger partial charge in [0.05, 0.1) is 5.56 Å². The van der Waals surface area contributed by atoms with Crippen LogP contribution >= 0.6 is 0 Å². The maximum absolute atomic E-state index is 13.0.